The zero-order valence-electron chi connectivity index (χ0n) is 9.46. The second-order valence-electron chi connectivity index (χ2n) is 3.55. The lowest BCUT2D eigenvalue weighted by Crippen LogP contribution is -2.02. The van der Waals surface area contributed by atoms with Crippen molar-refractivity contribution in [1.29, 1.82) is 0 Å². The standard InChI is InChI=1S/C12H18N2/c1-5-8-13-10(3)12-7-6-9(2)14-11(12)4/h6-7H,5,8H2,1-4H3. The maximum Gasteiger partial charge on any atom is 0.0466 e. The number of hydrogen-bond acceptors (Lipinski definition) is 2. The summed E-state index contributed by atoms with van der Waals surface area (Å²) in [5, 5.41) is 0. The summed E-state index contributed by atoms with van der Waals surface area (Å²) in [5.41, 5.74) is 4.40. The van der Waals surface area contributed by atoms with Gasteiger partial charge in [-0.05, 0) is 39.3 Å². The number of aryl methyl sites for hydroxylation is 2. The first-order valence-electron chi connectivity index (χ1n) is 5.10. The number of nitrogens with zero attached hydrogens (tertiary/aromatic N) is 2. The van der Waals surface area contributed by atoms with Crippen LogP contribution in [0.25, 0.3) is 0 Å². The second kappa shape index (κ2) is 4.89. The van der Waals surface area contributed by atoms with Crippen LogP contribution in [0.5, 0.6) is 0 Å². The SMILES string of the molecule is CCCN=C(C)c1ccc(C)nc1C. The number of pyridine rings is 1. The second-order valence-corrected chi connectivity index (χ2v) is 3.55. The molecule has 1 heterocycles. The molecule has 76 valence electrons. The molecular formula is C12H18N2. The molecule has 0 saturated carbocycles. The van der Waals surface area contributed by atoms with Crippen molar-refractivity contribution in [3.8, 4) is 0 Å². The molecule has 0 unspecified atom stereocenters. The van der Waals surface area contributed by atoms with E-state index in [1.807, 2.05) is 19.9 Å². The van der Waals surface area contributed by atoms with E-state index in [9.17, 15) is 0 Å². The van der Waals surface area contributed by atoms with Gasteiger partial charge in [0.1, 0.15) is 0 Å². The highest BCUT2D eigenvalue weighted by atomic mass is 14.7. The zero-order valence-corrected chi connectivity index (χ0v) is 9.46. The summed E-state index contributed by atoms with van der Waals surface area (Å²) in [4.78, 5) is 8.90. The molecule has 0 saturated heterocycles. The van der Waals surface area contributed by atoms with Crippen molar-refractivity contribution in [2.24, 2.45) is 4.99 Å². The van der Waals surface area contributed by atoms with E-state index in [4.69, 9.17) is 0 Å². The molecule has 0 amide bonds. The van der Waals surface area contributed by atoms with Crippen LogP contribution in [-0.2, 0) is 0 Å². The lowest BCUT2D eigenvalue weighted by atomic mass is 10.1. The van der Waals surface area contributed by atoms with Crippen LogP contribution in [0.3, 0.4) is 0 Å². The molecule has 0 aromatic carbocycles. The fourth-order valence-electron chi connectivity index (χ4n) is 1.43. The molecular weight excluding hydrogens is 172 g/mol. The Bertz CT molecular complexity index is 340. The Labute approximate surface area is 86.1 Å². The lowest BCUT2D eigenvalue weighted by Gasteiger charge is -2.05. The summed E-state index contributed by atoms with van der Waals surface area (Å²) in [6, 6.07) is 4.14. The van der Waals surface area contributed by atoms with Gasteiger partial charge in [0.15, 0.2) is 0 Å². The molecule has 1 rings (SSSR count). The minimum Gasteiger partial charge on any atom is -0.289 e. The number of rotatable bonds is 3. The normalized spacial score (nSPS) is 11.9. The topological polar surface area (TPSA) is 25.2 Å². The summed E-state index contributed by atoms with van der Waals surface area (Å²) in [6.07, 6.45) is 1.09. The van der Waals surface area contributed by atoms with Gasteiger partial charge in [0.2, 0.25) is 0 Å². The summed E-state index contributed by atoms with van der Waals surface area (Å²) >= 11 is 0. The third-order valence-electron chi connectivity index (χ3n) is 2.19. The minimum atomic E-state index is 0.902. The quantitative estimate of drug-likeness (QED) is 0.673. The molecule has 0 spiro atoms. The molecule has 0 radical (unpaired) electrons. The largest absolute Gasteiger partial charge is 0.289 e. The summed E-state index contributed by atoms with van der Waals surface area (Å²) in [7, 11) is 0. The van der Waals surface area contributed by atoms with E-state index in [2.05, 4.69) is 29.9 Å². The summed E-state index contributed by atoms with van der Waals surface area (Å²) in [6.45, 7) is 9.13. The van der Waals surface area contributed by atoms with Gasteiger partial charge < -0.3 is 0 Å². The van der Waals surface area contributed by atoms with E-state index >= 15 is 0 Å². The zero-order chi connectivity index (χ0) is 10.6. The van der Waals surface area contributed by atoms with Crippen molar-refractivity contribution < 1.29 is 0 Å². The third kappa shape index (κ3) is 2.66. The lowest BCUT2D eigenvalue weighted by molar-refractivity contribution is 0.930. The Morgan fingerprint density at radius 1 is 1.36 bits per heavy atom. The van der Waals surface area contributed by atoms with Gasteiger partial charge in [0.25, 0.3) is 0 Å². The van der Waals surface area contributed by atoms with E-state index < -0.39 is 0 Å². The predicted molar refractivity (Wildman–Crippen MR) is 61.1 cm³/mol. The van der Waals surface area contributed by atoms with Crippen molar-refractivity contribution in [2.75, 3.05) is 6.54 Å². The molecule has 2 heteroatoms. The molecule has 0 bridgehead atoms. The van der Waals surface area contributed by atoms with E-state index in [1.165, 1.54) is 5.56 Å². The molecule has 0 aliphatic rings. The average molecular weight is 190 g/mol. The summed E-state index contributed by atoms with van der Waals surface area (Å²) < 4.78 is 0. The van der Waals surface area contributed by atoms with Crippen LogP contribution in [0.1, 0.15) is 37.2 Å². The average Bonchev–Trinajstić information content (AvgIpc) is 2.14. The van der Waals surface area contributed by atoms with Crippen molar-refractivity contribution in [1.82, 2.24) is 4.98 Å². The van der Waals surface area contributed by atoms with Crippen LogP contribution >= 0.6 is 0 Å². The number of aliphatic imine (C=N–C) groups is 1. The first-order valence-corrected chi connectivity index (χ1v) is 5.10. The Hall–Kier alpha value is -1.18. The first-order chi connectivity index (χ1) is 6.65. The Balaban J connectivity index is 2.95. The Morgan fingerprint density at radius 3 is 2.64 bits per heavy atom. The van der Waals surface area contributed by atoms with Crippen LogP contribution in [0.15, 0.2) is 17.1 Å². The molecule has 1 aromatic heterocycles. The Kier molecular flexibility index (Phi) is 3.81. The summed E-state index contributed by atoms with van der Waals surface area (Å²) in [5.74, 6) is 0. The van der Waals surface area contributed by atoms with Crippen molar-refractivity contribution in [3.05, 3.63) is 29.1 Å². The highest BCUT2D eigenvalue weighted by Crippen LogP contribution is 2.08. The van der Waals surface area contributed by atoms with Crippen LogP contribution < -0.4 is 0 Å². The van der Waals surface area contributed by atoms with Crippen LogP contribution in [0.2, 0.25) is 0 Å². The number of aromatic nitrogens is 1. The predicted octanol–water partition coefficient (Wildman–Crippen LogP) is 2.92. The van der Waals surface area contributed by atoms with Crippen molar-refractivity contribution >= 4 is 5.71 Å². The van der Waals surface area contributed by atoms with Gasteiger partial charge >= 0.3 is 0 Å². The van der Waals surface area contributed by atoms with Gasteiger partial charge in [0.05, 0.1) is 0 Å². The third-order valence-corrected chi connectivity index (χ3v) is 2.19. The minimum absolute atomic E-state index is 0.902. The first kappa shape index (κ1) is 10.9. The molecule has 0 N–H and O–H groups in total. The van der Waals surface area contributed by atoms with Gasteiger partial charge in [-0.1, -0.05) is 6.92 Å². The van der Waals surface area contributed by atoms with Gasteiger partial charge in [-0.3, -0.25) is 9.98 Å². The molecule has 0 aliphatic carbocycles. The fraction of sp³-hybridized carbons (Fsp3) is 0.500. The number of hydrogen-bond donors (Lipinski definition) is 0. The molecule has 2 nitrogen and oxygen atoms in total. The maximum absolute atomic E-state index is 4.48. The Morgan fingerprint density at radius 2 is 2.07 bits per heavy atom. The van der Waals surface area contributed by atoms with Crippen molar-refractivity contribution in [2.45, 2.75) is 34.1 Å². The highest BCUT2D eigenvalue weighted by Gasteiger charge is 2.02. The molecule has 0 atom stereocenters. The van der Waals surface area contributed by atoms with Crippen LogP contribution in [0.4, 0.5) is 0 Å². The molecule has 0 fully saturated rings. The van der Waals surface area contributed by atoms with Gasteiger partial charge in [-0.25, -0.2) is 0 Å². The van der Waals surface area contributed by atoms with Crippen LogP contribution in [0, 0.1) is 13.8 Å². The van der Waals surface area contributed by atoms with E-state index in [0.717, 1.165) is 30.1 Å². The van der Waals surface area contributed by atoms with Crippen LogP contribution in [-0.4, -0.2) is 17.2 Å². The maximum atomic E-state index is 4.48. The molecule has 14 heavy (non-hydrogen) atoms. The van der Waals surface area contributed by atoms with Gasteiger partial charge in [-0.15, -0.1) is 0 Å². The molecule has 0 aliphatic heterocycles. The monoisotopic (exact) mass is 190 g/mol. The van der Waals surface area contributed by atoms with Gasteiger partial charge in [-0.2, -0.15) is 0 Å². The van der Waals surface area contributed by atoms with E-state index in [1.54, 1.807) is 0 Å². The van der Waals surface area contributed by atoms with E-state index in [-0.39, 0.29) is 0 Å². The molecule has 1 aromatic rings. The highest BCUT2D eigenvalue weighted by molar-refractivity contribution is 5.99. The van der Waals surface area contributed by atoms with Crippen molar-refractivity contribution in [3.63, 3.8) is 0 Å². The van der Waals surface area contributed by atoms with Gasteiger partial charge in [0, 0.05) is 29.2 Å². The van der Waals surface area contributed by atoms with E-state index in [0.29, 0.717) is 0 Å². The smallest absolute Gasteiger partial charge is 0.0466 e. The fourth-order valence-corrected chi connectivity index (χ4v) is 1.43.